The molecule has 1 N–H and O–H groups in total. The Bertz CT molecular complexity index is 389. The van der Waals surface area contributed by atoms with Crippen LogP contribution in [0.5, 0.6) is 0 Å². The number of hydrogen-bond acceptors (Lipinski definition) is 3. The highest BCUT2D eigenvalue weighted by molar-refractivity contribution is 7.99. The minimum absolute atomic E-state index is 0.124. The van der Waals surface area contributed by atoms with Crippen LogP contribution in [0.25, 0.3) is 0 Å². The molecule has 1 aliphatic rings. The summed E-state index contributed by atoms with van der Waals surface area (Å²) in [6.07, 6.45) is 0.124. The van der Waals surface area contributed by atoms with Crippen molar-refractivity contribution in [1.29, 1.82) is 0 Å². The maximum atomic E-state index is 10.8. The van der Waals surface area contributed by atoms with Crippen molar-refractivity contribution in [2.45, 2.75) is 13.0 Å². The third-order valence-electron chi connectivity index (χ3n) is 2.96. The lowest BCUT2D eigenvalue weighted by Crippen LogP contribution is -2.32. The summed E-state index contributed by atoms with van der Waals surface area (Å²) >= 11 is 1.99. The molecule has 0 atom stereocenters. The molecular weight excluding hydrogens is 234 g/mol. The highest BCUT2D eigenvalue weighted by Gasteiger charge is 2.13. The number of carboxylic acids is 1. The average Bonchev–Trinajstić information content (AvgIpc) is 2.32. The lowest BCUT2D eigenvalue weighted by atomic mass is 10.0. The Kier molecular flexibility index (Phi) is 4.45. The third kappa shape index (κ3) is 3.75. The van der Waals surface area contributed by atoms with E-state index in [1.165, 1.54) is 11.5 Å². The van der Waals surface area contributed by atoms with Crippen molar-refractivity contribution in [2.75, 3.05) is 24.6 Å². The second-order valence-electron chi connectivity index (χ2n) is 4.23. The molecule has 3 nitrogen and oxygen atoms in total. The van der Waals surface area contributed by atoms with Gasteiger partial charge in [0.2, 0.25) is 0 Å². The van der Waals surface area contributed by atoms with E-state index in [4.69, 9.17) is 5.11 Å². The Labute approximate surface area is 106 Å². The van der Waals surface area contributed by atoms with Gasteiger partial charge in [0, 0.05) is 31.1 Å². The predicted molar refractivity (Wildman–Crippen MR) is 70.4 cm³/mol. The molecule has 1 fully saturated rings. The molecule has 0 aliphatic carbocycles. The predicted octanol–water partition coefficient (Wildman–Crippen LogP) is 1.86. The first-order valence-electron chi connectivity index (χ1n) is 5.84. The number of hydrogen-bond donors (Lipinski definition) is 1. The number of benzene rings is 1. The van der Waals surface area contributed by atoms with Crippen LogP contribution in [0.1, 0.15) is 11.1 Å². The number of nitrogens with zero attached hydrogens (tertiary/aromatic N) is 1. The van der Waals surface area contributed by atoms with Crippen LogP contribution in [-0.2, 0) is 17.8 Å². The van der Waals surface area contributed by atoms with Crippen molar-refractivity contribution in [3.63, 3.8) is 0 Å². The van der Waals surface area contributed by atoms with Crippen molar-refractivity contribution in [3.05, 3.63) is 35.4 Å². The summed E-state index contributed by atoms with van der Waals surface area (Å²) in [5, 5.41) is 8.88. The molecule has 92 valence electrons. The van der Waals surface area contributed by atoms with Crippen molar-refractivity contribution in [1.82, 2.24) is 4.90 Å². The van der Waals surface area contributed by atoms with Crippen LogP contribution >= 0.6 is 11.8 Å². The van der Waals surface area contributed by atoms with Gasteiger partial charge in [0.1, 0.15) is 0 Å². The standard InChI is InChI=1S/C13H17NO2S/c15-13(16)9-11-3-1-2-4-12(11)10-14-5-7-17-8-6-14/h1-4H,5-10H2,(H,15,16). The molecule has 1 heterocycles. The Balaban J connectivity index is 2.05. The summed E-state index contributed by atoms with van der Waals surface area (Å²) < 4.78 is 0. The van der Waals surface area contributed by atoms with Gasteiger partial charge in [0.25, 0.3) is 0 Å². The monoisotopic (exact) mass is 251 g/mol. The molecule has 4 heteroatoms. The van der Waals surface area contributed by atoms with Gasteiger partial charge >= 0.3 is 5.97 Å². The van der Waals surface area contributed by atoms with E-state index in [0.29, 0.717) is 0 Å². The Morgan fingerprint density at radius 3 is 2.53 bits per heavy atom. The van der Waals surface area contributed by atoms with E-state index < -0.39 is 5.97 Å². The molecule has 1 aromatic carbocycles. The van der Waals surface area contributed by atoms with E-state index in [9.17, 15) is 4.79 Å². The van der Waals surface area contributed by atoms with Crippen LogP contribution in [-0.4, -0.2) is 40.6 Å². The molecule has 0 amide bonds. The first-order chi connectivity index (χ1) is 8.25. The molecule has 0 saturated carbocycles. The second-order valence-corrected chi connectivity index (χ2v) is 5.45. The smallest absolute Gasteiger partial charge is 0.307 e. The zero-order valence-electron chi connectivity index (χ0n) is 9.76. The first-order valence-corrected chi connectivity index (χ1v) is 7.00. The van der Waals surface area contributed by atoms with Gasteiger partial charge in [-0.1, -0.05) is 24.3 Å². The zero-order chi connectivity index (χ0) is 12.1. The van der Waals surface area contributed by atoms with Gasteiger partial charge < -0.3 is 5.11 Å². The van der Waals surface area contributed by atoms with E-state index in [0.717, 1.165) is 30.8 Å². The largest absolute Gasteiger partial charge is 0.481 e. The number of thioether (sulfide) groups is 1. The number of carboxylic acid groups (broad SMARTS) is 1. The summed E-state index contributed by atoms with van der Waals surface area (Å²) in [5.41, 5.74) is 2.10. The molecule has 2 rings (SSSR count). The van der Waals surface area contributed by atoms with Crippen LogP contribution in [0.4, 0.5) is 0 Å². The summed E-state index contributed by atoms with van der Waals surface area (Å²) in [6.45, 7) is 3.09. The van der Waals surface area contributed by atoms with Gasteiger partial charge in [-0.2, -0.15) is 11.8 Å². The fourth-order valence-corrected chi connectivity index (χ4v) is 3.03. The van der Waals surface area contributed by atoms with Gasteiger partial charge in [0.15, 0.2) is 0 Å². The SMILES string of the molecule is O=C(O)Cc1ccccc1CN1CCSCC1. The highest BCUT2D eigenvalue weighted by Crippen LogP contribution is 2.16. The average molecular weight is 251 g/mol. The molecule has 1 aliphatic heterocycles. The minimum atomic E-state index is -0.758. The maximum Gasteiger partial charge on any atom is 0.307 e. The summed E-state index contributed by atoms with van der Waals surface area (Å²) in [5.74, 6) is 1.61. The summed E-state index contributed by atoms with van der Waals surface area (Å²) in [4.78, 5) is 13.2. The van der Waals surface area contributed by atoms with Crippen molar-refractivity contribution < 1.29 is 9.90 Å². The summed E-state index contributed by atoms with van der Waals surface area (Å²) in [7, 11) is 0. The van der Waals surface area contributed by atoms with E-state index in [1.54, 1.807) is 0 Å². The number of rotatable bonds is 4. The molecule has 0 unspecified atom stereocenters. The van der Waals surface area contributed by atoms with Crippen LogP contribution in [0, 0.1) is 0 Å². The van der Waals surface area contributed by atoms with E-state index >= 15 is 0 Å². The molecule has 0 bridgehead atoms. The first kappa shape index (κ1) is 12.5. The molecule has 1 saturated heterocycles. The van der Waals surface area contributed by atoms with E-state index in [-0.39, 0.29) is 6.42 Å². The lowest BCUT2D eigenvalue weighted by Gasteiger charge is -2.26. The normalized spacial score (nSPS) is 16.9. The van der Waals surface area contributed by atoms with Crippen LogP contribution in [0.2, 0.25) is 0 Å². The van der Waals surface area contributed by atoms with Crippen molar-refractivity contribution in [2.24, 2.45) is 0 Å². The Morgan fingerprint density at radius 2 is 1.88 bits per heavy atom. The molecular formula is C13H17NO2S. The van der Waals surface area contributed by atoms with Gasteiger partial charge in [-0.25, -0.2) is 0 Å². The third-order valence-corrected chi connectivity index (χ3v) is 3.90. The number of carbonyl (C=O) groups is 1. The quantitative estimate of drug-likeness (QED) is 0.887. The molecule has 0 aromatic heterocycles. The zero-order valence-corrected chi connectivity index (χ0v) is 10.6. The fourth-order valence-electron chi connectivity index (χ4n) is 2.05. The second kappa shape index (κ2) is 6.07. The van der Waals surface area contributed by atoms with Crippen LogP contribution < -0.4 is 0 Å². The van der Waals surface area contributed by atoms with Gasteiger partial charge in [0.05, 0.1) is 6.42 Å². The molecule has 1 aromatic rings. The highest BCUT2D eigenvalue weighted by atomic mass is 32.2. The molecule has 0 spiro atoms. The lowest BCUT2D eigenvalue weighted by molar-refractivity contribution is -0.136. The maximum absolute atomic E-state index is 10.8. The number of aliphatic carboxylic acids is 1. The van der Waals surface area contributed by atoms with Gasteiger partial charge in [-0.15, -0.1) is 0 Å². The van der Waals surface area contributed by atoms with E-state index in [2.05, 4.69) is 4.90 Å². The molecule has 0 radical (unpaired) electrons. The van der Waals surface area contributed by atoms with Crippen molar-refractivity contribution in [3.8, 4) is 0 Å². The minimum Gasteiger partial charge on any atom is -0.481 e. The Morgan fingerprint density at radius 1 is 1.24 bits per heavy atom. The van der Waals surface area contributed by atoms with E-state index in [1.807, 2.05) is 36.0 Å². The van der Waals surface area contributed by atoms with Crippen LogP contribution in [0.15, 0.2) is 24.3 Å². The fraction of sp³-hybridized carbons (Fsp3) is 0.462. The van der Waals surface area contributed by atoms with Crippen molar-refractivity contribution >= 4 is 17.7 Å². The summed E-state index contributed by atoms with van der Waals surface area (Å²) in [6, 6.07) is 7.86. The molecule has 17 heavy (non-hydrogen) atoms. The van der Waals surface area contributed by atoms with Gasteiger partial charge in [-0.05, 0) is 11.1 Å². The van der Waals surface area contributed by atoms with Crippen LogP contribution in [0.3, 0.4) is 0 Å². The Hall–Kier alpha value is -1.00. The topological polar surface area (TPSA) is 40.5 Å². The van der Waals surface area contributed by atoms with Gasteiger partial charge in [-0.3, -0.25) is 9.69 Å².